The highest BCUT2D eigenvalue weighted by Crippen LogP contribution is 2.18. The van der Waals surface area contributed by atoms with Crippen molar-refractivity contribution >= 4 is 11.9 Å². The van der Waals surface area contributed by atoms with Crippen molar-refractivity contribution in [1.82, 2.24) is 0 Å². The fraction of sp³-hybridized carbons (Fsp3) is 0.200. The third kappa shape index (κ3) is 2.98. The molecule has 1 rings (SSSR count). The molecular weight excluding hydrogens is 200 g/mol. The molecule has 0 saturated carbocycles. The quantitative estimate of drug-likeness (QED) is 0.778. The second-order valence-corrected chi connectivity index (χ2v) is 2.97. The van der Waals surface area contributed by atoms with Crippen LogP contribution in [-0.2, 0) is 4.79 Å². The van der Waals surface area contributed by atoms with Gasteiger partial charge in [-0.15, -0.1) is 0 Å². The van der Waals surface area contributed by atoms with Crippen LogP contribution in [0.5, 0.6) is 5.75 Å². The molecule has 5 heteroatoms. The Kier molecular flexibility index (Phi) is 3.28. The van der Waals surface area contributed by atoms with Crippen LogP contribution in [0.25, 0.3) is 0 Å². The summed E-state index contributed by atoms with van der Waals surface area (Å²) in [5.41, 5.74) is 0.742. The molecule has 15 heavy (non-hydrogen) atoms. The molecule has 5 nitrogen and oxygen atoms in total. The molecule has 80 valence electrons. The van der Waals surface area contributed by atoms with E-state index in [0.29, 0.717) is 11.3 Å². The fourth-order valence-corrected chi connectivity index (χ4v) is 1.08. The van der Waals surface area contributed by atoms with E-state index >= 15 is 0 Å². The number of rotatable bonds is 4. The normalized spacial score (nSPS) is 9.67. The Bertz CT molecular complexity index is 397. The number of aryl methyl sites for hydroxylation is 1. The van der Waals surface area contributed by atoms with Crippen LogP contribution in [-0.4, -0.2) is 28.8 Å². The molecule has 0 unspecified atom stereocenters. The van der Waals surface area contributed by atoms with E-state index in [1.54, 1.807) is 6.92 Å². The number of benzene rings is 1. The molecule has 0 fully saturated rings. The van der Waals surface area contributed by atoms with Gasteiger partial charge in [-0.25, -0.2) is 9.59 Å². The van der Waals surface area contributed by atoms with Gasteiger partial charge >= 0.3 is 11.9 Å². The van der Waals surface area contributed by atoms with Gasteiger partial charge in [-0.2, -0.15) is 0 Å². The van der Waals surface area contributed by atoms with Gasteiger partial charge in [-0.05, 0) is 30.7 Å². The summed E-state index contributed by atoms with van der Waals surface area (Å²) in [6, 6.07) is 4.24. The molecule has 0 radical (unpaired) electrons. The lowest BCUT2D eigenvalue weighted by Gasteiger charge is -2.07. The molecule has 0 saturated heterocycles. The maximum absolute atomic E-state index is 10.6. The first-order chi connectivity index (χ1) is 7.00. The Morgan fingerprint density at radius 1 is 1.33 bits per heavy atom. The molecule has 0 aliphatic carbocycles. The van der Waals surface area contributed by atoms with Crippen molar-refractivity contribution in [3.8, 4) is 5.75 Å². The lowest BCUT2D eigenvalue weighted by Crippen LogP contribution is -2.10. The monoisotopic (exact) mass is 210 g/mol. The fourth-order valence-electron chi connectivity index (χ4n) is 1.08. The molecule has 0 spiro atoms. The highest BCUT2D eigenvalue weighted by molar-refractivity contribution is 5.88. The summed E-state index contributed by atoms with van der Waals surface area (Å²) >= 11 is 0. The minimum Gasteiger partial charge on any atom is -0.482 e. The molecule has 0 aliphatic rings. The molecule has 0 amide bonds. The highest BCUT2D eigenvalue weighted by atomic mass is 16.5. The summed E-state index contributed by atoms with van der Waals surface area (Å²) in [5, 5.41) is 17.1. The lowest BCUT2D eigenvalue weighted by molar-refractivity contribution is -0.139. The Balaban J connectivity index is 2.83. The summed E-state index contributed by atoms with van der Waals surface area (Å²) in [6.45, 7) is 1.22. The summed E-state index contributed by atoms with van der Waals surface area (Å²) in [5.74, 6) is -1.72. The summed E-state index contributed by atoms with van der Waals surface area (Å²) in [6.07, 6.45) is 0. The van der Waals surface area contributed by atoms with Crippen molar-refractivity contribution in [1.29, 1.82) is 0 Å². The van der Waals surface area contributed by atoms with Gasteiger partial charge in [0.2, 0.25) is 0 Å². The van der Waals surface area contributed by atoms with E-state index in [0.717, 1.165) is 0 Å². The first kappa shape index (κ1) is 11.0. The highest BCUT2D eigenvalue weighted by Gasteiger charge is 2.07. The maximum Gasteiger partial charge on any atom is 0.341 e. The van der Waals surface area contributed by atoms with Crippen LogP contribution < -0.4 is 4.74 Å². The third-order valence-corrected chi connectivity index (χ3v) is 1.77. The van der Waals surface area contributed by atoms with Crippen LogP contribution in [0.1, 0.15) is 15.9 Å². The zero-order valence-corrected chi connectivity index (χ0v) is 8.06. The van der Waals surface area contributed by atoms with Crippen LogP contribution >= 0.6 is 0 Å². The van der Waals surface area contributed by atoms with E-state index in [9.17, 15) is 9.59 Å². The van der Waals surface area contributed by atoms with Gasteiger partial charge in [-0.3, -0.25) is 0 Å². The minimum atomic E-state index is -1.07. The second-order valence-electron chi connectivity index (χ2n) is 2.97. The smallest absolute Gasteiger partial charge is 0.341 e. The van der Waals surface area contributed by atoms with Crippen molar-refractivity contribution < 1.29 is 24.5 Å². The number of aromatic carboxylic acids is 1. The molecule has 0 bridgehead atoms. The van der Waals surface area contributed by atoms with Gasteiger partial charge in [-0.1, -0.05) is 0 Å². The van der Waals surface area contributed by atoms with E-state index in [1.165, 1.54) is 18.2 Å². The van der Waals surface area contributed by atoms with E-state index in [4.69, 9.17) is 14.9 Å². The molecule has 0 aromatic heterocycles. The first-order valence-electron chi connectivity index (χ1n) is 4.19. The van der Waals surface area contributed by atoms with Crippen molar-refractivity contribution in [2.45, 2.75) is 6.92 Å². The topological polar surface area (TPSA) is 83.8 Å². The number of hydrogen-bond donors (Lipinski definition) is 2. The number of aliphatic carboxylic acids is 1. The van der Waals surface area contributed by atoms with Crippen LogP contribution in [0.2, 0.25) is 0 Å². The first-order valence-corrected chi connectivity index (χ1v) is 4.19. The van der Waals surface area contributed by atoms with Crippen molar-refractivity contribution in [3.63, 3.8) is 0 Å². The average molecular weight is 210 g/mol. The lowest BCUT2D eigenvalue weighted by atomic mass is 10.1. The van der Waals surface area contributed by atoms with E-state index in [-0.39, 0.29) is 5.56 Å². The number of hydrogen-bond acceptors (Lipinski definition) is 3. The summed E-state index contributed by atoms with van der Waals surface area (Å²) in [7, 11) is 0. The summed E-state index contributed by atoms with van der Waals surface area (Å²) in [4.78, 5) is 20.8. The Hall–Kier alpha value is -2.04. The van der Waals surface area contributed by atoms with Crippen LogP contribution in [0.4, 0.5) is 0 Å². The summed E-state index contributed by atoms with van der Waals surface area (Å²) < 4.78 is 4.94. The molecule has 2 N–H and O–H groups in total. The largest absolute Gasteiger partial charge is 0.482 e. The number of carbonyl (C=O) groups is 2. The zero-order valence-electron chi connectivity index (χ0n) is 8.06. The van der Waals surface area contributed by atoms with Crippen molar-refractivity contribution in [2.75, 3.05) is 6.61 Å². The predicted octanol–water partition coefficient (Wildman–Crippen LogP) is 1.16. The molecule has 0 heterocycles. The van der Waals surface area contributed by atoms with Crippen LogP contribution in [0.3, 0.4) is 0 Å². The molecule has 0 aliphatic heterocycles. The Morgan fingerprint density at radius 3 is 2.47 bits per heavy atom. The van der Waals surface area contributed by atoms with Gasteiger partial charge in [0.15, 0.2) is 6.61 Å². The number of ether oxygens (including phenoxy) is 1. The van der Waals surface area contributed by atoms with Gasteiger partial charge < -0.3 is 14.9 Å². The van der Waals surface area contributed by atoms with Crippen molar-refractivity contribution in [2.24, 2.45) is 0 Å². The van der Waals surface area contributed by atoms with Gasteiger partial charge in [0.05, 0.1) is 5.56 Å². The molecule has 1 aromatic rings. The third-order valence-electron chi connectivity index (χ3n) is 1.77. The average Bonchev–Trinajstić information content (AvgIpc) is 2.15. The van der Waals surface area contributed by atoms with Crippen LogP contribution in [0.15, 0.2) is 18.2 Å². The van der Waals surface area contributed by atoms with E-state index in [1.807, 2.05) is 0 Å². The zero-order chi connectivity index (χ0) is 11.4. The SMILES string of the molecule is Cc1cc(C(=O)O)ccc1OCC(=O)O. The van der Waals surface area contributed by atoms with Gasteiger partial charge in [0.25, 0.3) is 0 Å². The second kappa shape index (κ2) is 4.45. The van der Waals surface area contributed by atoms with Gasteiger partial charge in [0.1, 0.15) is 5.75 Å². The van der Waals surface area contributed by atoms with Crippen molar-refractivity contribution in [3.05, 3.63) is 29.3 Å². The standard InChI is InChI=1S/C10H10O5/c1-6-4-7(10(13)14)2-3-8(6)15-5-9(11)12/h2-4H,5H2,1H3,(H,11,12)(H,13,14). The Morgan fingerprint density at radius 2 is 2.00 bits per heavy atom. The number of carboxylic acids is 2. The molecule has 0 atom stereocenters. The molecular formula is C10H10O5. The number of carboxylic acid groups (broad SMARTS) is 2. The Labute approximate surface area is 85.9 Å². The maximum atomic E-state index is 10.6. The molecule has 1 aromatic carbocycles. The van der Waals surface area contributed by atoms with E-state index in [2.05, 4.69) is 0 Å². The van der Waals surface area contributed by atoms with Crippen LogP contribution in [0, 0.1) is 6.92 Å². The predicted molar refractivity (Wildman–Crippen MR) is 51.3 cm³/mol. The van der Waals surface area contributed by atoms with E-state index < -0.39 is 18.5 Å². The minimum absolute atomic E-state index is 0.148. The van der Waals surface area contributed by atoms with Gasteiger partial charge in [0, 0.05) is 0 Å².